The molecule has 0 aromatic rings. The van der Waals surface area contributed by atoms with Gasteiger partial charge >= 0.3 is 0 Å². The highest BCUT2D eigenvalue weighted by Gasteiger charge is 1.91. The van der Waals surface area contributed by atoms with Gasteiger partial charge in [0.15, 0.2) is 0 Å². The Bertz CT molecular complexity index is 37.9. The Labute approximate surface area is 44.0 Å². The Morgan fingerprint density at radius 1 is 1.71 bits per heavy atom. The van der Waals surface area contributed by atoms with E-state index >= 15 is 0 Å². The van der Waals surface area contributed by atoms with Crippen LogP contribution in [0.15, 0.2) is 0 Å². The molecule has 0 amide bonds. The largest absolute Gasteiger partial charge is 0.315 e. The third-order valence-electron chi connectivity index (χ3n) is 0.814. The highest BCUT2D eigenvalue weighted by atomic mass is 15.3. The van der Waals surface area contributed by atoms with Gasteiger partial charge in [-0.3, -0.25) is 5.84 Å². The molecule has 0 saturated heterocycles. The van der Waals surface area contributed by atoms with E-state index in [2.05, 4.69) is 12.3 Å². The molecule has 0 heterocycles. The average molecular weight is 103 g/mol. The summed E-state index contributed by atoms with van der Waals surface area (Å²) >= 11 is 0. The molecule has 0 rings (SSSR count). The van der Waals surface area contributed by atoms with Gasteiger partial charge in [-0.25, -0.2) is 5.43 Å². The van der Waals surface area contributed by atoms with Crippen LogP contribution < -0.4 is 17.0 Å². The molecule has 0 aromatic heterocycles. The van der Waals surface area contributed by atoms with Gasteiger partial charge in [0.2, 0.25) is 0 Å². The zero-order chi connectivity index (χ0) is 5.70. The molecule has 0 aromatic carbocycles. The maximum atomic E-state index is 5.35. The zero-order valence-electron chi connectivity index (χ0n) is 4.65. The molecule has 0 spiro atoms. The van der Waals surface area contributed by atoms with Crippen LogP contribution in [0.2, 0.25) is 0 Å². The summed E-state index contributed by atoms with van der Waals surface area (Å²) in [5, 5.41) is 0. The first-order valence-corrected chi connectivity index (χ1v) is 2.53. The molecule has 0 aliphatic heterocycles. The highest BCUT2D eigenvalue weighted by molar-refractivity contribution is 4.49. The van der Waals surface area contributed by atoms with E-state index in [9.17, 15) is 0 Å². The van der Waals surface area contributed by atoms with Gasteiger partial charge in [0, 0.05) is 0 Å². The third kappa shape index (κ3) is 3.72. The normalized spacial score (nSPS) is 14.1. The Morgan fingerprint density at radius 3 is 2.43 bits per heavy atom. The number of rotatable bonds is 3. The lowest BCUT2D eigenvalue weighted by atomic mass is 10.3. The Balaban J connectivity index is 2.83. The number of hydrogen-bond acceptors (Lipinski definition) is 3. The lowest BCUT2D eigenvalue weighted by molar-refractivity contribution is 0.505. The van der Waals surface area contributed by atoms with Gasteiger partial charge in [-0.1, -0.05) is 13.3 Å². The summed E-state index contributed by atoms with van der Waals surface area (Å²) in [7, 11) is 0. The molecule has 0 fully saturated rings. The first kappa shape index (κ1) is 6.88. The van der Waals surface area contributed by atoms with Crippen LogP contribution in [0.1, 0.15) is 19.8 Å². The third-order valence-corrected chi connectivity index (χ3v) is 0.814. The Kier molecular flexibility index (Phi) is 3.98. The molecule has 0 saturated carbocycles. The van der Waals surface area contributed by atoms with Crippen LogP contribution in [-0.4, -0.2) is 6.17 Å². The van der Waals surface area contributed by atoms with Crippen LogP contribution >= 0.6 is 0 Å². The van der Waals surface area contributed by atoms with Gasteiger partial charge < -0.3 is 5.73 Å². The lowest BCUT2D eigenvalue weighted by Gasteiger charge is -2.05. The Morgan fingerprint density at radius 2 is 2.29 bits per heavy atom. The van der Waals surface area contributed by atoms with Crippen molar-refractivity contribution < 1.29 is 0 Å². The van der Waals surface area contributed by atoms with Crippen molar-refractivity contribution in [2.24, 2.45) is 11.6 Å². The molecule has 1 atom stereocenters. The summed E-state index contributed by atoms with van der Waals surface area (Å²) in [4.78, 5) is 0. The van der Waals surface area contributed by atoms with E-state index in [1.807, 2.05) is 0 Å². The fraction of sp³-hybridized carbons (Fsp3) is 1.00. The summed E-state index contributed by atoms with van der Waals surface area (Å²) in [5.74, 6) is 4.98. The standard InChI is InChI=1S/C4H13N3/c1-2-3-4(5)7-6/h4,7H,2-3,5-6H2,1H3. The molecule has 0 aliphatic rings. The lowest BCUT2D eigenvalue weighted by Crippen LogP contribution is -2.41. The molecule has 0 aliphatic carbocycles. The number of hydrazine groups is 1. The van der Waals surface area contributed by atoms with Crippen LogP contribution in [0.5, 0.6) is 0 Å². The quantitative estimate of drug-likeness (QED) is 0.257. The second-order valence-corrected chi connectivity index (χ2v) is 1.56. The smallest absolute Gasteiger partial charge is 0.0676 e. The summed E-state index contributed by atoms with van der Waals surface area (Å²) in [6, 6.07) is 0. The molecule has 7 heavy (non-hydrogen) atoms. The molecule has 3 nitrogen and oxygen atoms in total. The SMILES string of the molecule is CCCC(N)NN. The maximum Gasteiger partial charge on any atom is 0.0676 e. The van der Waals surface area contributed by atoms with E-state index in [0.717, 1.165) is 12.8 Å². The second kappa shape index (κ2) is 4.05. The van der Waals surface area contributed by atoms with Gasteiger partial charge in [0.25, 0.3) is 0 Å². The van der Waals surface area contributed by atoms with E-state index < -0.39 is 0 Å². The van der Waals surface area contributed by atoms with Crippen LogP contribution in [0.4, 0.5) is 0 Å². The molecular weight excluding hydrogens is 90.1 g/mol. The average Bonchev–Trinajstić information content (AvgIpc) is 1.68. The van der Waals surface area contributed by atoms with E-state index in [-0.39, 0.29) is 6.17 Å². The van der Waals surface area contributed by atoms with Gasteiger partial charge in [-0.2, -0.15) is 0 Å². The molecule has 0 radical (unpaired) electrons. The fourth-order valence-electron chi connectivity index (χ4n) is 0.394. The van der Waals surface area contributed by atoms with E-state index in [0.29, 0.717) is 0 Å². The number of nitrogens with two attached hydrogens (primary N) is 2. The molecule has 0 bridgehead atoms. The van der Waals surface area contributed by atoms with Crippen molar-refractivity contribution in [2.75, 3.05) is 0 Å². The predicted octanol–water partition coefficient (Wildman–Crippen LogP) is -0.465. The summed E-state index contributed by atoms with van der Waals surface area (Å²) in [6.45, 7) is 2.07. The molecule has 3 heteroatoms. The fourth-order valence-corrected chi connectivity index (χ4v) is 0.394. The minimum Gasteiger partial charge on any atom is -0.315 e. The summed E-state index contributed by atoms with van der Waals surface area (Å²) < 4.78 is 0. The molecule has 1 unspecified atom stereocenters. The Hall–Kier alpha value is -0.120. The van der Waals surface area contributed by atoms with Gasteiger partial charge in [0.1, 0.15) is 0 Å². The topological polar surface area (TPSA) is 64.1 Å². The minimum atomic E-state index is -0.0231. The van der Waals surface area contributed by atoms with E-state index in [1.165, 1.54) is 0 Å². The molecule has 5 N–H and O–H groups in total. The maximum absolute atomic E-state index is 5.35. The molecular formula is C4H13N3. The van der Waals surface area contributed by atoms with Crippen molar-refractivity contribution in [3.8, 4) is 0 Å². The van der Waals surface area contributed by atoms with Crippen molar-refractivity contribution in [1.82, 2.24) is 5.43 Å². The monoisotopic (exact) mass is 103 g/mol. The van der Waals surface area contributed by atoms with Gasteiger partial charge in [0.05, 0.1) is 6.17 Å². The van der Waals surface area contributed by atoms with Gasteiger partial charge in [-0.15, -0.1) is 0 Å². The van der Waals surface area contributed by atoms with E-state index in [1.54, 1.807) is 0 Å². The van der Waals surface area contributed by atoms with E-state index in [4.69, 9.17) is 11.6 Å². The number of nitrogens with one attached hydrogen (secondary N) is 1. The molecule has 44 valence electrons. The highest BCUT2D eigenvalue weighted by Crippen LogP contribution is 1.85. The van der Waals surface area contributed by atoms with Crippen molar-refractivity contribution >= 4 is 0 Å². The van der Waals surface area contributed by atoms with Crippen LogP contribution in [0, 0.1) is 0 Å². The number of hydrogen-bond donors (Lipinski definition) is 3. The van der Waals surface area contributed by atoms with Crippen molar-refractivity contribution in [3.63, 3.8) is 0 Å². The zero-order valence-corrected chi connectivity index (χ0v) is 4.65. The van der Waals surface area contributed by atoms with Crippen LogP contribution in [0.25, 0.3) is 0 Å². The second-order valence-electron chi connectivity index (χ2n) is 1.56. The van der Waals surface area contributed by atoms with Crippen molar-refractivity contribution in [1.29, 1.82) is 0 Å². The van der Waals surface area contributed by atoms with Crippen LogP contribution in [0.3, 0.4) is 0 Å². The van der Waals surface area contributed by atoms with Crippen molar-refractivity contribution in [3.05, 3.63) is 0 Å². The van der Waals surface area contributed by atoms with Crippen LogP contribution in [-0.2, 0) is 0 Å². The first-order valence-electron chi connectivity index (χ1n) is 2.53. The summed E-state index contributed by atoms with van der Waals surface area (Å²) in [5.41, 5.74) is 7.79. The predicted molar refractivity (Wildman–Crippen MR) is 30.2 cm³/mol. The van der Waals surface area contributed by atoms with Crippen molar-refractivity contribution in [2.45, 2.75) is 25.9 Å². The van der Waals surface area contributed by atoms with Gasteiger partial charge in [-0.05, 0) is 6.42 Å². The first-order chi connectivity index (χ1) is 3.31. The minimum absolute atomic E-state index is 0.0231. The summed E-state index contributed by atoms with van der Waals surface area (Å²) in [6.07, 6.45) is 1.99.